The molecule has 0 amide bonds. The Morgan fingerprint density at radius 1 is 1.17 bits per heavy atom. The summed E-state index contributed by atoms with van der Waals surface area (Å²) in [5.74, 6) is 5.54. The van der Waals surface area contributed by atoms with Crippen LogP contribution < -0.4 is 16.6 Å². The first-order valence-electron chi connectivity index (χ1n) is 11.1. The van der Waals surface area contributed by atoms with Crippen LogP contribution in [0.1, 0.15) is 29.3 Å². The van der Waals surface area contributed by atoms with E-state index in [4.69, 9.17) is 11.1 Å². The van der Waals surface area contributed by atoms with Gasteiger partial charge < -0.3 is 16.2 Å². The third-order valence-corrected chi connectivity index (χ3v) is 5.66. The monoisotopic (exact) mass is 466 g/mol. The summed E-state index contributed by atoms with van der Waals surface area (Å²) in [6.07, 6.45) is 0.413. The lowest BCUT2D eigenvalue weighted by Crippen LogP contribution is -2.25. The van der Waals surface area contributed by atoms with Crippen molar-refractivity contribution in [2.45, 2.75) is 33.4 Å². The first-order valence-corrected chi connectivity index (χ1v) is 11.1. The first kappa shape index (κ1) is 23.7. The zero-order chi connectivity index (χ0) is 25.1. The standard InChI is InChI=1S/C27H26N6O2/c1-16-7-4-5-10-22(16)33-20(13-19-9-6-8-17(2)23(19)27(33)35)14-30-26-24(25(29)31-15-32-26)21(28)12-11-18(3)34/h4-10,13,15,18,28,34H,14H2,1-3H3,(H3,29,30,31,32). The SMILES string of the molecule is Cc1ccccc1-n1c(CNc2ncnc(N)c2C(=N)C#CC(C)O)cc2cccc(C)c2c1=O. The van der Waals surface area contributed by atoms with Crippen LogP contribution in [-0.2, 0) is 6.54 Å². The molecule has 0 radical (unpaired) electrons. The van der Waals surface area contributed by atoms with Crippen molar-refractivity contribution in [3.8, 4) is 17.5 Å². The van der Waals surface area contributed by atoms with Crippen LogP contribution in [0.2, 0.25) is 0 Å². The van der Waals surface area contributed by atoms with E-state index in [0.717, 1.165) is 22.2 Å². The third-order valence-electron chi connectivity index (χ3n) is 5.66. The van der Waals surface area contributed by atoms with Crippen molar-refractivity contribution >= 4 is 28.1 Å². The Morgan fingerprint density at radius 2 is 1.91 bits per heavy atom. The number of aliphatic hydroxyl groups is 1. The number of aliphatic hydroxyl groups excluding tert-OH is 1. The number of nitrogens with zero attached hydrogens (tertiary/aromatic N) is 3. The summed E-state index contributed by atoms with van der Waals surface area (Å²) in [6.45, 7) is 5.64. The molecule has 0 aliphatic rings. The summed E-state index contributed by atoms with van der Waals surface area (Å²) in [7, 11) is 0. The Morgan fingerprint density at radius 3 is 2.66 bits per heavy atom. The summed E-state index contributed by atoms with van der Waals surface area (Å²) in [6, 6.07) is 15.5. The van der Waals surface area contributed by atoms with Gasteiger partial charge in [-0.1, -0.05) is 42.3 Å². The Kier molecular flexibility index (Phi) is 6.62. The molecular weight excluding hydrogens is 440 g/mol. The molecule has 0 saturated heterocycles. The van der Waals surface area contributed by atoms with E-state index in [2.05, 4.69) is 27.1 Å². The summed E-state index contributed by atoms with van der Waals surface area (Å²) in [5, 5.41) is 22.5. The summed E-state index contributed by atoms with van der Waals surface area (Å²) in [5.41, 5.74) is 9.43. The Balaban J connectivity index is 1.83. The van der Waals surface area contributed by atoms with Crippen LogP contribution in [0.15, 0.2) is 59.7 Å². The predicted molar refractivity (Wildman–Crippen MR) is 139 cm³/mol. The van der Waals surface area contributed by atoms with Gasteiger partial charge in [0, 0.05) is 5.69 Å². The van der Waals surface area contributed by atoms with Crippen LogP contribution in [0.3, 0.4) is 0 Å². The van der Waals surface area contributed by atoms with E-state index in [1.807, 2.05) is 62.4 Å². The molecule has 0 fully saturated rings. The quantitative estimate of drug-likeness (QED) is 0.264. The number of aromatic nitrogens is 3. The van der Waals surface area contributed by atoms with Gasteiger partial charge in [-0.15, -0.1) is 0 Å². The zero-order valence-electron chi connectivity index (χ0n) is 19.8. The van der Waals surface area contributed by atoms with Gasteiger partial charge in [0.15, 0.2) is 0 Å². The van der Waals surface area contributed by atoms with Gasteiger partial charge in [-0.2, -0.15) is 0 Å². The maximum atomic E-state index is 13.7. The topological polar surface area (TPSA) is 130 Å². The van der Waals surface area contributed by atoms with Gasteiger partial charge in [-0.05, 0) is 55.3 Å². The number of hydrogen-bond acceptors (Lipinski definition) is 7. The highest BCUT2D eigenvalue weighted by atomic mass is 16.3. The van der Waals surface area contributed by atoms with E-state index in [-0.39, 0.29) is 29.2 Å². The summed E-state index contributed by atoms with van der Waals surface area (Å²) < 4.78 is 1.71. The third kappa shape index (κ3) is 4.76. The highest BCUT2D eigenvalue weighted by Crippen LogP contribution is 2.23. The number of pyridine rings is 1. The number of rotatable bonds is 5. The van der Waals surface area contributed by atoms with Crippen molar-refractivity contribution in [2.24, 2.45) is 0 Å². The molecule has 0 bridgehead atoms. The van der Waals surface area contributed by atoms with E-state index in [1.165, 1.54) is 13.3 Å². The minimum Gasteiger partial charge on any atom is -0.383 e. The molecule has 35 heavy (non-hydrogen) atoms. The van der Waals surface area contributed by atoms with E-state index >= 15 is 0 Å². The first-order chi connectivity index (χ1) is 16.8. The van der Waals surface area contributed by atoms with Crippen molar-refractivity contribution in [3.05, 3.63) is 87.6 Å². The number of nitrogens with two attached hydrogens (primary N) is 1. The minimum absolute atomic E-state index is 0.0952. The van der Waals surface area contributed by atoms with E-state index in [0.29, 0.717) is 16.9 Å². The van der Waals surface area contributed by atoms with Crippen LogP contribution in [-0.4, -0.2) is 31.5 Å². The van der Waals surface area contributed by atoms with Crippen molar-refractivity contribution in [1.82, 2.24) is 14.5 Å². The smallest absolute Gasteiger partial charge is 0.263 e. The van der Waals surface area contributed by atoms with Crippen LogP contribution >= 0.6 is 0 Å². The largest absolute Gasteiger partial charge is 0.383 e. The molecule has 4 rings (SSSR count). The average molecular weight is 467 g/mol. The van der Waals surface area contributed by atoms with Crippen molar-refractivity contribution in [3.63, 3.8) is 0 Å². The van der Waals surface area contributed by atoms with Gasteiger partial charge in [0.05, 0.1) is 23.2 Å². The van der Waals surface area contributed by atoms with Gasteiger partial charge >= 0.3 is 0 Å². The van der Waals surface area contributed by atoms with E-state index < -0.39 is 6.10 Å². The molecule has 0 spiro atoms. The molecule has 8 heteroatoms. The van der Waals surface area contributed by atoms with E-state index in [1.54, 1.807) is 4.57 Å². The van der Waals surface area contributed by atoms with Gasteiger partial charge in [-0.3, -0.25) is 14.8 Å². The lowest BCUT2D eigenvalue weighted by Gasteiger charge is -2.18. The molecule has 0 aliphatic heterocycles. The van der Waals surface area contributed by atoms with Crippen LogP contribution in [0.4, 0.5) is 11.6 Å². The highest BCUT2D eigenvalue weighted by Gasteiger charge is 2.17. The van der Waals surface area contributed by atoms with Gasteiger partial charge in [0.2, 0.25) is 0 Å². The second-order valence-corrected chi connectivity index (χ2v) is 8.26. The molecule has 5 N–H and O–H groups in total. The molecule has 2 aromatic carbocycles. The lowest BCUT2D eigenvalue weighted by molar-refractivity contribution is 0.253. The molecule has 1 unspecified atom stereocenters. The molecule has 0 aliphatic carbocycles. The van der Waals surface area contributed by atoms with Gasteiger partial charge in [0.1, 0.15) is 29.8 Å². The second kappa shape index (κ2) is 9.79. The number of nitrogens with one attached hydrogen (secondary N) is 2. The van der Waals surface area contributed by atoms with Crippen LogP contribution in [0.25, 0.3) is 16.5 Å². The lowest BCUT2D eigenvalue weighted by atomic mass is 10.1. The Hall–Kier alpha value is -4.48. The number of nitrogen functional groups attached to an aromatic ring is 1. The average Bonchev–Trinajstić information content (AvgIpc) is 2.82. The van der Waals surface area contributed by atoms with Gasteiger partial charge in [-0.25, -0.2) is 9.97 Å². The van der Waals surface area contributed by atoms with Crippen molar-refractivity contribution < 1.29 is 5.11 Å². The van der Waals surface area contributed by atoms with Crippen molar-refractivity contribution in [2.75, 3.05) is 11.1 Å². The highest BCUT2D eigenvalue weighted by molar-refractivity contribution is 6.16. The number of hydrogen-bond donors (Lipinski definition) is 4. The second-order valence-electron chi connectivity index (χ2n) is 8.26. The maximum absolute atomic E-state index is 13.7. The fourth-order valence-corrected chi connectivity index (χ4v) is 3.99. The molecule has 4 aromatic rings. The summed E-state index contributed by atoms with van der Waals surface area (Å²) in [4.78, 5) is 22.0. The maximum Gasteiger partial charge on any atom is 0.263 e. The summed E-state index contributed by atoms with van der Waals surface area (Å²) >= 11 is 0. The Bertz CT molecular complexity index is 1560. The molecular formula is C27H26N6O2. The van der Waals surface area contributed by atoms with Gasteiger partial charge in [0.25, 0.3) is 5.56 Å². The normalized spacial score (nSPS) is 11.5. The Labute approximate surface area is 203 Å². The number of aryl methyl sites for hydroxylation is 2. The van der Waals surface area contributed by atoms with Crippen LogP contribution in [0.5, 0.6) is 0 Å². The predicted octanol–water partition coefficient (Wildman–Crippen LogP) is 3.34. The van der Waals surface area contributed by atoms with Crippen LogP contribution in [0, 0.1) is 31.1 Å². The molecule has 2 heterocycles. The molecule has 8 nitrogen and oxygen atoms in total. The zero-order valence-corrected chi connectivity index (χ0v) is 19.8. The fourth-order valence-electron chi connectivity index (χ4n) is 3.99. The number of anilines is 2. The number of para-hydroxylation sites is 1. The number of fused-ring (bicyclic) bond motifs is 1. The number of benzene rings is 2. The van der Waals surface area contributed by atoms with Crippen molar-refractivity contribution in [1.29, 1.82) is 5.41 Å². The molecule has 0 saturated carbocycles. The molecule has 176 valence electrons. The van der Waals surface area contributed by atoms with E-state index in [9.17, 15) is 9.90 Å². The fraction of sp³-hybridized carbons (Fsp3) is 0.185. The molecule has 2 aromatic heterocycles. The minimum atomic E-state index is -0.887. The molecule has 1 atom stereocenters.